The Morgan fingerprint density at radius 1 is 1.25 bits per heavy atom. The Balaban J connectivity index is 2.34. The summed E-state index contributed by atoms with van der Waals surface area (Å²) in [5, 5.41) is 1.31. The number of benzene rings is 2. The molecule has 3 rings (SSSR count). The van der Waals surface area contributed by atoms with Crippen LogP contribution in [-0.4, -0.2) is 22.4 Å². The summed E-state index contributed by atoms with van der Waals surface area (Å²) in [5.74, 6) is 1.56. The molecule has 1 heterocycles. The molecule has 0 unspecified atom stereocenters. The average molecular weight is 452 g/mol. The van der Waals surface area contributed by atoms with Crippen molar-refractivity contribution in [3.63, 3.8) is 0 Å². The highest BCUT2D eigenvalue weighted by Gasteiger charge is 2.16. The zero-order chi connectivity index (χ0) is 17.1. The zero-order valence-electron chi connectivity index (χ0n) is 13.5. The van der Waals surface area contributed by atoms with Crippen LogP contribution in [0, 0.1) is 3.57 Å². The topological polar surface area (TPSA) is 44.1 Å². The number of methoxy groups -OCH3 is 1. The van der Waals surface area contributed by atoms with Gasteiger partial charge in [-0.1, -0.05) is 30.8 Å². The number of para-hydroxylation sites is 2. The molecular weight excluding hydrogens is 435 g/mol. The molecule has 6 heteroatoms. The summed E-state index contributed by atoms with van der Waals surface area (Å²) in [4.78, 5) is 17.9. The summed E-state index contributed by atoms with van der Waals surface area (Å²) >= 11 is 3.80. The van der Waals surface area contributed by atoms with Crippen molar-refractivity contribution in [2.75, 3.05) is 12.9 Å². The minimum Gasteiger partial charge on any atom is -0.495 e. The number of fused-ring (bicyclic) bond motifs is 1. The number of rotatable bonds is 5. The Morgan fingerprint density at radius 3 is 2.79 bits per heavy atom. The standard InChI is InChI=1S/C18H17IN2O2S/c1-3-10-24-18-20-14-9-8-12(19)11-13(14)17(22)21(18)15-6-4-5-7-16(15)23-2/h4-9,11H,3,10H2,1-2H3. The van der Waals surface area contributed by atoms with Crippen molar-refractivity contribution in [1.29, 1.82) is 0 Å². The molecule has 0 fully saturated rings. The molecule has 1 aromatic heterocycles. The maximum Gasteiger partial charge on any atom is 0.266 e. The van der Waals surface area contributed by atoms with Gasteiger partial charge in [0.2, 0.25) is 0 Å². The van der Waals surface area contributed by atoms with Gasteiger partial charge in [-0.3, -0.25) is 9.36 Å². The highest BCUT2D eigenvalue weighted by Crippen LogP contribution is 2.27. The van der Waals surface area contributed by atoms with E-state index in [-0.39, 0.29) is 5.56 Å². The lowest BCUT2D eigenvalue weighted by molar-refractivity contribution is 0.411. The lowest BCUT2D eigenvalue weighted by Gasteiger charge is -2.15. The lowest BCUT2D eigenvalue weighted by Crippen LogP contribution is -2.22. The van der Waals surface area contributed by atoms with Gasteiger partial charge in [0.25, 0.3) is 5.56 Å². The first-order valence-corrected chi connectivity index (χ1v) is 9.70. The molecule has 0 atom stereocenters. The Bertz CT molecular complexity index is 940. The molecular formula is C18H17IN2O2S. The van der Waals surface area contributed by atoms with Crippen molar-refractivity contribution in [1.82, 2.24) is 9.55 Å². The van der Waals surface area contributed by atoms with Gasteiger partial charge in [0.1, 0.15) is 5.75 Å². The van der Waals surface area contributed by atoms with Crippen LogP contribution in [0.3, 0.4) is 0 Å². The third kappa shape index (κ3) is 3.30. The molecule has 0 spiro atoms. The van der Waals surface area contributed by atoms with Gasteiger partial charge in [-0.2, -0.15) is 0 Å². The summed E-state index contributed by atoms with van der Waals surface area (Å²) in [5.41, 5.74) is 1.38. The number of hydrogen-bond donors (Lipinski definition) is 0. The van der Waals surface area contributed by atoms with E-state index in [0.717, 1.165) is 26.9 Å². The molecule has 0 saturated carbocycles. The van der Waals surface area contributed by atoms with Crippen LogP contribution in [0.15, 0.2) is 52.4 Å². The monoisotopic (exact) mass is 452 g/mol. The van der Waals surface area contributed by atoms with Crippen LogP contribution in [0.5, 0.6) is 5.75 Å². The summed E-state index contributed by atoms with van der Waals surface area (Å²) in [6, 6.07) is 13.3. The smallest absolute Gasteiger partial charge is 0.266 e. The van der Waals surface area contributed by atoms with E-state index in [1.54, 1.807) is 23.4 Å². The van der Waals surface area contributed by atoms with Crippen LogP contribution in [0.25, 0.3) is 16.6 Å². The van der Waals surface area contributed by atoms with E-state index in [4.69, 9.17) is 9.72 Å². The zero-order valence-corrected chi connectivity index (χ0v) is 16.4. The van der Waals surface area contributed by atoms with Crippen LogP contribution in [-0.2, 0) is 0 Å². The minimum absolute atomic E-state index is 0.0679. The van der Waals surface area contributed by atoms with Crippen molar-refractivity contribution < 1.29 is 4.74 Å². The second-order valence-electron chi connectivity index (χ2n) is 5.22. The molecule has 0 radical (unpaired) electrons. The van der Waals surface area contributed by atoms with E-state index >= 15 is 0 Å². The van der Waals surface area contributed by atoms with Crippen LogP contribution >= 0.6 is 34.4 Å². The van der Waals surface area contributed by atoms with E-state index in [1.165, 1.54) is 0 Å². The van der Waals surface area contributed by atoms with Gasteiger partial charge in [-0.05, 0) is 59.3 Å². The molecule has 4 nitrogen and oxygen atoms in total. The number of nitrogens with zero attached hydrogens (tertiary/aromatic N) is 2. The number of thioether (sulfide) groups is 1. The Kier molecular flexibility index (Phi) is 5.45. The number of aromatic nitrogens is 2. The molecule has 0 N–H and O–H groups in total. The molecule has 124 valence electrons. The molecule has 3 aromatic rings. The number of halogens is 1. The first kappa shape index (κ1) is 17.3. The second-order valence-corrected chi connectivity index (χ2v) is 7.52. The largest absolute Gasteiger partial charge is 0.495 e. The van der Waals surface area contributed by atoms with Crippen molar-refractivity contribution in [3.8, 4) is 11.4 Å². The fraction of sp³-hybridized carbons (Fsp3) is 0.222. The predicted molar refractivity (Wildman–Crippen MR) is 108 cm³/mol. The molecule has 0 aliphatic rings. The Labute approximate surface area is 158 Å². The summed E-state index contributed by atoms with van der Waals surface area (Å²) in [6.07, 6.45) is 1.01. The fourth-order valence-electron chi connectivity index (χ4n) is 2.45. The van der Waals surface area contributed by atoms with Crippen molar-refractivity contribution >= 4 is 45.3 Å². The van der Waals surface area contributed by atoms with Crippen LogP contribution < -0.4 is 10.3 Å². The number of hydrogen-bond acceptors (Lipinski definition) is 4. The van der Waals surface area contributed by atoms with Crippen LogP contribution in [0.1, 0.15) is 13.3 Å². The van der Waals surface area contributed by atoms with Crippen LogP contribution in [0.2, 0.25) is 0 Å². The van der Waals surface area contributed by atoms with Gasteiger partial charge in [-0.15, -0.1) is 0 Å². The van der Waals surface area contributed by atoms with Gasteiger partial charge in [0.05, 0.1) is 23.7 Å². The molecule has 0 amide bonds. The highest BCUT2D eigenvalue weighted by molar-refractivity contribution is 14.1. The molecule has 0 aliphatic heterocycles. The molecule has 0 bridgehead atoms. The van der Waals surface area contributed by atoms with Crippen molar-refractivity contribution in [3.05, 3.63) is 56.4 Å². The predicted octanol–water partition coefficient (Wildman–Crippen LogP) is 4.50. The van der Waals surface area contributed by atoms with Gasteiger partial charge in [0.15, 0.2) is 5.16 Å². The normalized spacial score (nSPS) is 11.0. The SMILES string of the molecule is CCCSc1nc2ccc(I)cc2c(=O)n1-c1ccccc1OC. The maximum atomic E-state index is 13.2. The third-order valence-corrected chi connectivity index (χ3v) is 5.38. The van der Waals surface area contributed by atoms with E-state index in [1.807, 2.05) is 42.5 Å². The van der Waals surface area contributed by atoms with E-state index in [2.05, 4.69) is 29.5 Å². The quantitative estimate of drug-likeness (QED) is 0.325. The van der Waals surface area contributed by atoms with Crippen LogP contribution in [0.4, 0.5) is 0 Å². The van der Waals surface area contributed by atoms with E-state index in [0.29, 0.717) is 16.3 Å². The number of ether oxygens (including phenoxy) is 1. The second kappa shape index (κ2) is 7.57. The summed E-state index contributed by atoms with van der Waals surface area (Å²) < 4.78 is 8.13. The van der Waals surface area contributed by atoms with Gasteiger partial charge < -0.3 is 4.74 Å². The highest BCUT2D eigenvalue weighted by atomic mass is 127. The van der Waals surface area contributed by atoms with Crippen molar-refractivity contribution in [2.24, 2.45) is 0 Å². The average Bonchev–Trinajstić information content (AvgIpc) is 2.60. The maximum absolute atomic E-state index is 13.2. The molecule has 0 aliphatic carbocycles. The third-order valence-electron chi connectivity index (χ3n) is 3.56. The lowest BCUT2D eigenvalue weighted by atomic mass is 10.2. The van der Waals surface area contributed by atoms with Crippen molar-refractivity contribution in [2.45, 2.75) is 18.5 Å². The van der Waals surface area contributed by atoms with Gasteiger partial charge in [-0.25, -0.2) is 4.98 Å². The first-order chi connectivity index (χ1) is 11.7. The van der Waals surface area contributed by atoms with Gasteiger partial charge >= 0.3 is 0 Å². The molecule has 0 saturated heterocycles. The van der Waals surface area contributed by atoms with Gasteiger partial charge in [0, 0.05) is 9.32 Å². The molecule has 2 aromatic carbocycles. The Morgan fingerprint density at radius 2 is 2.04 bits per heavy atom. The van der Waals surface area contributed by atoms with E-state index in [9.17, 15) is 4.79 Å². The minimum atomic E-state index is -0.0679. The Hall–Kier alpha value is -1.54. The summed E-state index contributed by atoms with van der Waals surface area (Å²) in [6.45, 7) is 2.11. The fourth-order valence-corrected chi connectivity index (χ4v) is 3.81. The van der Waals surface area contributed by atoms with E-state index < -0.39 is 0 Å². The summed E-state index contributed by atoms with van der Waals surface area (Å²) in [7, 11) is 1.61. The first-order valence-electron chi connectivity index (χ1n) is 7.64. The molecule has 24 heavy (non-hydrogen) atoms.